The monoisotopic (exact) mass is 296 g/mol. The average molecular weight is 298 g/mol. The van der Waals surface area contributed by atoms with Crippen molar-refractivity contribution >= 4 is 45.1 Å². The Morgan fingerprint density at radius 3 is 2.64 bits per heavy atom. The third-order valence-corrected chi connectivity index (χ3v) is 3.07. The first-order valence-electron chi connectivity index (χ1n) is 3.73. The van der Waals surface area contributed by atoms with Gasteiger partial charge in [0.1, 0.15) is 4.83 Å². The van der Waals surface area contributed by atoms with Crippen molar-refractivity contribution in [2.45, 2.75) is 4.83 Å². The fourth-order valence-electron chi connectivity index (χ4n) is 0.937. The van der Waals surface area contributed by atoms with E-state index in [9.17, 15) is 4.79 Å². The summed E-state index contributed by atoms with van der Waals surface area (Å²) in [5.41, 5.74) is 0.642. The number of rotatable bonds is 2. The third kappa shape index (κ3) is 2.62. The number of hydrogen-bond acceptors (Lipinski definition) is 2. The van der Waals surface area contributed by atoms with Crippen LogP contribution in [0.5, 0.6) is 0 Å². The van der Waals surface area contributed by atoms with Crippen molar-refractivity contribution in [2.75, 3.05) is 7.11 Å². The van der Waals surface area contributed by atoms with Crippen LogP contribution in [0.15, 0.2) is 18.2 Å². The molecule has 0 aliphatic carbocycles. The molecule has 0 aliphatic rings. The van der Waals surface area contributed by atoms with Crippen molar-refractivity contribution in [3.05, 3.63) is 33.8 Å². The molecule has 1 aromatic rings. The number of ether oxygens (including phenoxy) is 1. The topological polar surface area (TPSA) is 26.3 Å². The van der Waals surface area contributed by atoms with E-state index in [1.807, 2.05) is 0 Å². The average Bonchev–Trinajstić information content (AvgIpc) is 2.15. The predicted molar refractivity (Wildman–Crippen MR) is 60.1 cm³/mol. The molecular weight excluding hydrogens is 291 g/mol. The van der Waals surface area contributed by atoms with Crippen molar-refractivity contribution < 1.29 is 9.53 Å². The quantitative estimate of drug-likeness (QED) is 0.616. The number of esters is 1. The summed E-state index contributed by atoms with van der Waals surface area (Å²) < 4.78 is 4.57. The largest absolute Gasteiger partial charge is 0.468 e. The lowest BCUT2D eigenvalue weighted by molar-refractivity contribution is -0.139. The van der Waals surface area contributed by atoms with Crippen molar-refractivity contribution in [3.63, 3.8) is 0 Å². The molecule has 0 aromatic heterocycles. The maximum atomic E-state index is 11.2. The van der Waals surface area contributed by atoms with Gasteiger partial charge in [-0.1, -0.05) is 45.2 Å². The molecule has 0 saturated carbocycles. The summed E-state index contributed by atoms with van der Waals surface area (Å²) in [7, 11) is 1.32. The molecule has 1 atom stereocenters. The minimum absolute atomic E-state index is 0.394. The standard InChI is InChI=1S/C9H7BrCl2O2/c1-14-9(13)8(10)6-3-2-5(11)4-7(6)12/h2-4,8H,1H3/t8-/m1/s1. The van der Waals surface area contributed by atoms with Crippen LogP contribution in [0.3, 0.4) is 0 Å². The fraction of sp³-hybridized carbons (Fsp3) is 0.222. The Hall–Kier alpha value is -0.250. The van der Waals surface area contributed by atoms with Gasteiger partial charge in [-0.15, -0.1) is 0 Å². The van der Waals surface area contributed by atoms with Gasteiger partial charge in [-0.2, -0.15) is 0 Å². The van der Waals surface area contributed by atoms with Gasteiger partial charge in [-0.25, -0.2) is 0 Å². The van der Waals surface area contributed by atoms with E-state index in [1.165, 1.54) is 7.11 Å². The highest BCUT2D eigenvalue weighted by molar-refractivity contribution is 9.09. The van der Waals surface area contributed by atoms with Crippen LogP contribution in [0, 0.1) is 0 Å². The van der Waals surface area contributed by atoms with Crippen LogP contribution in [0.4, 0.5) is 0 Å². The van der Waals surface area contributed by atoms with Gasteiger partial charge < -0.3 is 4.74 Å². The van der Waals surface area contributed by atoms with E-state index in [0.29, 0.717) is 15.6 Å². The Morgan fingerprint density at radius 1 is 1.50 bits per heavy atom. The van der Waals surface area contributed by atoms with Gasteiger partial charge >= 0.3 is 5.97 Å². The fourth-order valence-corrected chi connectivity index (χ4v) is 2.17. The molecular formula is C9H7BrCl2O2. The summed E-state index contributed by atoms with van der Waals surface area (Å²) in [4.78, 5) is 10.6. The molecule has 5 heteroatoms. The summed E-state index contributed by atoms with van der Waals surface area (Å²) in [6.07, 6.45) is 0. The molecule has 0 saturated heterocycles. The second-order valence-electron chi connectivity index (χ2n) is 2.55. The van der Waals surface area contributed by atoms with Crippen molar-refractivity contribution in [3.8, 4) is 0 Å². The first-order valence-corrected chi connectivity index (χ1v) is 5.40. The highest BCUT2D eigenvalue weighted by Gasteiger charge is 2.20. The van der Waals surface area contributed by atoms with Gasteiger partial charge in [0.15, 0.2) is 0 Å². The third-order valence-electron chi connectivity index (χ3n) is 1.64. The number of benzene rings is 1. The second-order valence-corrected chi connectivity index (χ2v) is 4.31. The molecule has 1 aromatic carbocycles. The van der Waals surface area contributed by atoms with Crippen LogP contribution in [0.1, 0.15) is 10.4 Å². The normalized spacial score (nSPS) is 12.3. The van der Waals surface area contributed by atoms with E-state index >= 15 is 0 Å². The van der Waals surface area contributed by atoms with Crippen molar-refractivity contribution in [1.29, 1.82) is 0 Å². The Kier molecular flexibility index (Phi) is 4.23. The molecule has 0 amide bonds. The molecule has 14 heavy (non-hydrogen) atoms. The number of methoxy groups -OCH3 is 1. The molecule has 76 valence electrons. The van der Waals surface area contributed by atoms with Crippen LogP contribution in [0.2, 0.25) is 10.0 Å². The van der Waals surface area contributed by atoms with E-state index in [4.69, 9.17) is 23.2 Å². The molecule has 0 bridgehead atoms. The van der Waals surface area contributed by atoms with E-state index < -0.39 is 10.8 Å². The molecule has 0 unspecified atom stereocenters. The van der Waals surface area contributed by atoms with Gasteiger partial charge in [0.05, 0.1) is 7.11 Å². The number of alkyl halides is 1. The Bertz CT molecular complexity index is 355. The van der Waals surface area contributed by atoms with Crippen LogP contribution >= 0.6 is 39.1 Å². The molecule has 0 heterocycles. The lowest BCUT2D eigenvalue weighted by Gasteiger charge is -2.09. The molecule has 0 fully saturated rings. The predicted octanol–water partition coefficient (Wildman–Crippen LogP) is 3.60. The highest BCUT2D eigenvalue weighted by atomic mass is 79.9. The number of carbonyl (C=O) groups is 1. The maximum absolute atomic E-state index is 11.2. The zero-order chi connectivity index (χ0) is 10.7. The minimum Gasteiger partial charge on any atom is -0.468 e. The lowest BCUT2D eigenvalue weighted by Crippen LogP contribution is -2.08. The van der Waals surface area contributed by atoms with Crippen LogP contribution in [-0.2, 0) is 9.53 Å². The van der Waals surface area contributed by atoms with Gasteiger partial charge in [-0.3, -0.25) is 4.79 Å². The molecule has 1 rings (SSSR count). The summed E-state index contributed by atoms with van der Waals surface area (Å²) in [5, 5.41) is 0.966. The second kappa shape index (κ2) is 5.01. The first kappa shape index (κ1) is 11.8. The smallest absolute Gasteiger partial charge is 0.324 e. The highest BCUT2D eigenvalue weighted by Crippen LogP contribution is 2.31. The van der Waals surface area contributed by atoms with E-state index in [0.717, 1.165) is 0 Å². The van der Waals surface area contributed by atoms with Crippen LogP contribution in [-0.4, -0.2) is 13.1 Å². The summed E-state index contributed by atoms with van der Waals surface area (Å²) in [6.45, 7) is 0. The Morgan fingerprint density at radius 2 is 2.14 bits per heavy atom. The van der Waals surface area contributed by atoms with Gasteiger partial charge in [-0.05, 0) is 17.7 Å². The SMILES string of the molecule is COC(=O)[C@H](Br)c1ccc(Cl)cc1Cl. The maximum Gasteiger partial charge on any atom is 0.324 e. The molecule has 0 N–H and O–H groups in total. The zero-order valence-corrected chi connectivity index (χ0v) is 10.4. The van der Waals surface area contributed by atoms with Gasteiger partial charge in [0.2, 0.25) is 0 Å². The first-order chi connectivity index (χ1) is 6.56. The van der Waals surface area contributed by atoms with Gasteiger partial charge in [0, 0.05) is 10.0 Å². The van der Waals surface area contributed by atoms with Crippen molar-refractivity contribution in [1.82, 2.24) is 0 Å². The summed E-state index contributed by atoms with van der Waals surface area (Å²) in [5.74, 6) is -0.394. The minimum atomic E-state index is -0.558. The molecule has 0 aliphatic heterocycles. The van der Waals surface area contributed by atoms with E-state index in [1.54, 1.807) is 18.2 Å². The van der Waals surface area contributed by atoms with Crippen LogP contribution < -0.4 is 0 Å². The summed E-state index contributed by atoms with van der Waals surface area (Å²) >= 11 is 14.8. The van der Waals surface area contributed by atoms with Crippen LogP contribution in [0.25, 0.3) is 0 Å². The van der Waals surface area contributed by atoms with E-state index in [2.05, 4.69) is 20.7 Å². The van der Waals surface area contributed by atoms with E-state index in [-0.39, 0.29) is 0 Å². The van der Waals surface area contributed by atoms with Crippen molar-refractivity contribution in [2.24, 2.45) is 0 Å². The molecule has 0 spiro atoms. The summed E-state index contributed by atoms with van der Waals surface area (Å²) in [6, 6.07) is 4.93. The lowest BCUT2D eigenvalue weighted by atomic mass is 10.1. The number of carbonyl (C=O) groups excluding carboxylic acids is 1. The molecule has 2 nitrogen and oxygen atoms in total. The Balaban J connectivity index is 3.01. The Labute approximate surface area is 100 Å². The number of hydrogen-bond donors (Lipinski definition) is 0. The molecule has 0 radical (unpaired) electrons. The zero-order valence-electron chi connectivity index (χ0n) is 7.26. The van der Waals surface area contributed by atoms with Gasteiger partial charge in [0.25, 0.3) is 0 Å². The number of halogens is 3.